The summed E-state index contributed by atoms with van der Waals surface area (Å²) in [7, 11) is 0. The maximum atomic E-state index is 9.82. The van der Waals surface area contributed by atoms with E-state index in [9.17, 15) is 15.3 Å². The van der Waals surface area contributed by atoms with Gasteiger partial charge in [0.2, 0.25) is 0 Å². The smallest absolute Gasteiger partial charge is 0.114 e. The molecule has 0 amide bonds. The van der Waals surface area contributed by atoms with Gasteiger partial charge in [0.05, 0.1) is 13.2 Å². The molecule has 1 saturated heterocycles. The summed E-state index contributed by atoms with van der Waals surface area (Å²) in [6, 6.07) is 0. The van der Waals surface area contributed by atoms with Crippen molar-refractivity contribution in [3.8, 4) is 0 Å². The van der Waals surface area contributed by atoms with Crippen LogP contribution in [-0.4, -0.2) is 59.6 Å². The van der Waals surface area contributed by atoms with Crippen molar-refractivity contribution in [1.29, 1.82) is 0 Å². The fraction of sp³-hybridized carbons (Fsp3) is 0.913. The number of hydrogen-bond acceptors (Lipinski definition) is 5. The minimum Gasteiger partial charge on any atom is -0.394 e. The highest BCUT2D eigenvalue weighted by Crippen LogP contribution is 2.20. The van der Waals surface area contributed by atoms with E-state index < -0.39 is 24.4 Å². The average Bonchev–Trinajstić information content (AvgIpc) is 3.03. The van der Waals surface area contributed by atoms with Gasteiger partial charge in [0.25, 0.3) is 0 Å². The van der Waals surface area contributed by atoms with Crippen molar-refractivity contribution in [2.45, 2.75) is 115 Å². The third-order valence-electron chi connectivity index (χ3n) is 5.47. The predicted molar refractivity (Wildman–Crippen MR) is 113 cm³/mol. The van der Waals surface area contributed by atoms with Crippen LogP contribution < -0.4 is 0 Å². The maximum absolute atomic E-state index is 9.82. The van der Waals surface area contributed by atoms with Gasteiger partial charge in [-0.1, -0.05) is 70.4 Å². The molecule has 0 radical (unpaired) electrons. The number of ether oxygens (including phenoxy) is 2. The molecule has 0 saturated carbocycles. The molecule has 1 rings (SSSR count). The SMILES string of the molecule is CCCCCCCCCC/C=C/CCCCCO[C@H](CO)[C@@H]1OC[C@H](O)[C@@H]1O. The molecule has 0 bridgehead atoms. The van der Waals surface area contributed by atoms with Crippen molar-refractivity contribution in [3.63, 3.8) is 0 Å². The summed E-state index contributed by atoms with van der Waals surface area (Å²) in [5.74, 6) is 0. The minimum atomic E-state index is -0.983. The number of allylic oxidation sites excluding steroid dienone is 2. The molecule has 0 aromatic rings. The number of rotatable bonds is 18. The summed E-state index contributed by atoms with van der Waals surface area (Å²) in [5, 5.41) is 28.7. The van der Waals surface area contributed by atoms with Crippen LogP contribution in [0.2, 0.25) is 0 Å². The van der Waals surface area contributed by atoms with Gasteiger partial charge in [0, 0.05) is 6.61 Å². The molecule has 28 heavy (non-hydrogen) atoms. The lowest BCUT2D eigenvalue weighted by Crippen LogP contribution is -2.42. The van der Waals surface area contributed by atoms with Crippen LogP contribution in [-0.2, 0) is 9.47 Å². The van der Waals surface area contributed by atoms with E-state index in [2.05, 4.69) is 19.1 Å². The van der Waals surface area contributed by atoms with E-state index in [0.717, 1.165) is 25.7 Å². The van der Waals surface area contributed by atoms with Crippen molar-refractivity contribution >= 4 is 0 Å². The van der Waals surface area contributed by atoms with Gasteiger partial charge in [0.15, 0.2) is 0 Å². The Bertz CT molecular complexity index is 374. The van der Waals surface area contributed by atoms with Crippen LogP contribution in [0, 0.1) is 0 Å². The molecule has 0 spiro atoms. The fourth-order valence-electron chi connectivity index (χ4n) is 3.61. The van der Waals surface area contributed by atoms with Crippen LogP contribution in [0.5, 0.6) is 0 Å². The van der Waals surface area contributed by atoms with Crippen LogP contribution in [0.1, 0.15) is 90.4 Å². The highest BCUT2D eigenvalue weighted by atomic mass is 16.6. The monoisotopic (exact) mass is 400 g/mol. The van der Waals surface area contributed by atoms with Gasteiger partial charge >= 0.3 is 0 Å². The summed E-state index contributed by atoms with van der Waals surface area (Å²) in [6.07, 6.45) is 18.0. The quantitative estimate of drug-likeness (QED) is 0.238. The predicted octanol–water partition coefficient (Wildman–Crippen LogP) is 4.13. The molecule has 0 aliphatic carbocycles. The minimum absolute atomic E-state index is 0.0942. The Morgan fingerprint density at radius 3 is 2.00 bits per heavy atom. The van der Waals surface area contributed by atoms with E-state index in [1.807, 2.05) is 0 Å². The van der Waals surface area contributed by atoms with Crippen molar-refractivity contribution in [1.82, 2.24) is 0 Å². The Balaban J connectivity index is 1.88. The first-order valence-electron chi connectivity index (χ1n) is 11.6. The van der Waals surface area contributed by atoms with Gasteiger partial charge in [-0.05, 0) is 32.1 Å². The summed E-state index contributed by atoms with van der Waals surface area (Å²) in [4.78, 5) is 0. The van der Waals surface area contributed by atoms with E-state index in [1.165, 1.54) is 57.8 Å². The van der Waals surface area contributed by atoms with Crippen LogP contribution in [0.3, 0.4) is 0 Å². The number of aliphatic hydroxyl groups excluding tert-OH is 3. The zero-order valence-corrected chi connectivity index (χ0v) is 17.9. The topological polar surface area (TPSA) is 79.2 Å². The Morgan fingerprint density at radius 1 is 0.893 bits per heavy atom. The number of unbranched alkanes of at least 4 members (excludes halogenated alkanes) is 11. The molecule has 5 heteroatoms. The van der Waals surface area contributed by atoms with Crippen LogP contribution in [0.15, 0.2) is 12.2 Å². The molecule has 4 atom stereocenters. The Morgan fingerprint density at radius 2 is 1.46 bits per heavy atom. The average molecular weight is 401 g/mol. The molecular weight excluding hydrogens is 356 g/mol. The van der Waals surface area contributed by atoms with Gasteiger partial charge in [-0.3, -0.25) is 0 Å². The molecule has 1 fully saturated rings. The van der Waals surface area contributed by atoms with Crippen LogP contribution in [0.4, 0.5) is 0 Å². The van der Waals surface area contributed by atoms with Crippen LogP contribution >= 0.6 is 0 Å². The first-order chi connectivity index (χ1) is 13.7. The van der Waals surface area contributed by atoms with E-state index in [0.29, 0.717) is 6.61 Å². The molecule has 0 unspecified atom stereocenters. The third kappa shape index (κ3) is 11.5. The Labute approximate surface area is 172 Å². The second kappa shape index (κ2) is 17.4. The second-order valence-electron chi connectivity index (χ2n) is 8.03. The van der Waals surface area contributed by atoms with E-state index >= 15 is 0 Å². The van der Waals surface area contributed by atoms with Gasteiger partial charge < -0.3 is 24.8 Å². The van der Waals surface area contributed by atoms with Gasteiger partial charge in [-0.2, -0.15) is 0 Å². The zero-order valence-electron chi connectivity index (χ0n) is 17.9. The molecule has 3 N–H and O–H groups in total. The largest absolute Gasteiger partial charge is 0.394 e. The lowest BCUT2D eigenvalue weighted by atomic mass is 10.1. The van der Waals surface area contributed by atoms with E-state index in [4.69, 9.17) is 9.47 Å². The molecule has 5 nitrogen and oxygen atoms in total. The Hall–Kier alpha value is -0.460. The highest BCUT2D eigenvalue weighted by Gasteiger charge is 2.40. The lowest BCUT2D eigenvalue weighted by molar-refractivity contribution is -0.101. The standard InChI is InChI=1S/C23H44O5/c1-2-3-4-5-6-7-8-9-10-11-12-13-14-15-16-17-27-21(18-24)23-22(26)20(25)19-28-23/h11-12,20-26H,2-10,13-19H2,1H3/b12-11+/t20-,21+,22-,23-/m0/s1. The maximum Gasteiger partial charge on any atom is 0.114 e. The molecule has 1 aliphatic heterocycles. The zero-order chi connectivity index (χ0) is 20.5. The van der Waals surface area contributed by atoms with Crippen molar-refractivity contribution < 1.29 is 24.8 Å². The molecular formula is C23H44O5. The third-order valence-corrected chi connectivity index (χ3v) is 5.47. The Kier molecular flexibility index (Phi) is 15.9. The summed E-state index contributed by atoms with van der Waals surface area (Å²) in [5.41, 5.74) is 0. The molecule has 166 valence electrons. The fourth-order valence-corrected chi connectivity index (χ4v) is 3.61. The normalized spacial score (nSPS) is 23.6. The number of hydrogen-bond donors (Lipinski definition) is 3. The molecule has 0 aromatic heterocycles. The van der Waals surface area contributed by atoms with Gasteiger partial charge in [-0.15, -0.1) is 0 Å². The van der Waals surface area contributed by atoms with E-state index in [-0.39, 0.29) is 13.2 Å². The van der Waals surface area contributed by atoms with E-state index in [1.54, 1.807) is 0 Å². The van der Waals surface area contributed by atoms with Crippen molar-refractivity contribution in [3.05, 3.63) is 12.2 Å². The molecule has 1 aliphatic rings. The first kappa shape index (κ1) is 25.6. The summed E-state index contributed by atoms with van der Waals surface area (Å²) < 4.78 is 11.0. The molecule has 1 heterocycles. The van der Waals surface area contributed by atoms with Crippen molar-refractivity contribution in [2.75, 3.05) is 19.8 Å². The van der Waals surface area contributed by atoms with Crippen LogP contribution in [0.25, 0.3) is 0 Å². The second-order valence-corrected chi connectivity index (χ2v) is 8.03. The van der Waals surface area contributed by atoms with Crippen molar-refractivity contribution in [2.24, 2.45) is 0 Å². The summed E-state index contributed by atoms with van der Waals surface area (Å²) in [6.45, 7) is 2.68. The highest BCUT2D eigenvalue weighted by molar-refractivity contribution is 4.88. The summed E-state index contributed by atoms with van der Waals surface area (Å²) >= 11 is 0. The number of aliphatic hydroxyl groups is 3. The van der Waals surface area contributed by atoms with Gasteiger partial charge in [-0.25, -0.2) is 0 Å². The molecule has 0 aromatic carbocycles. The first-order valence-corrected chi connectivity index (χ1v) is 11.6. The lowest BCUT2D eigenvalue weighted by Gasteiger charge is -2.24. The van der Waals surface area contributed by atoms with Gasteiger partial charge in [0.1, 0.15) is 24.4 Å².